The van der Waals surface area contributed by atoms with Gasteiger partial charge in [-0.15, -0.1) is 0 Å². The predicted octanol–water partition coefficient (Wildman–Crippen LogP) is 7.61. The van der Waals surface area contributed by atoms with Gasteiger partial charge in [-0.3, -0.25) is 4.79 Å². The predicted molar refractivity (Wildman–Crippen MR) is 142 cm³/mol. The summed E-state index contributed by atoms with van der Waals surface area (Å²) in [4.78, 5) is 14.1. The summed E-state index contributed by atoms with van der Waals surface area (Å²) in [7, 11) is -0.0882. The summed E-state index contributed by atoms with van der Waals surface area (Å²) in [5, 5.41) is 3.90. The molecular weight excluding hydrogens is 422 g/mol. The maximum absolute atomic E-state index is 14.1. The van der Waals surface area contributed by atoms with Gasteiger partial charge in [0.1, 0.15) is 0 Å². The fourth-order valence-corrected chi connectivity index (χ4v) is 13.6. The van der Waals surface area contributed by atoms with Crippen molar-refractivity contribution in [2.75, 3.05) is 7.11 Å². The second-order valence-corrected chi connectivity index (χ2v) is 17.7. The SMILES string of the molecule is COC1=C(C[Si](C(C)C)(C(C)C)C(C)C)[C@@H](c2ccccc2)[C@](C)(NC2CCCCC2)C1=O. The van der Waals surface area contributed by atoms with Gasteiger partial charge >= 0.3 is 0 Å². The Morgan fingerprint density at radius 1 is 0.970 bits per heavy atom. The number of ether oxygens (including phenoxy) is 1. The standard InChI is InChI=1S/C29H47NO2Si/c1-20(2)33(21(3)4,22(5)6)19-25-26(23-15-11-9-12-16-23)29(7,28(31)27(25)32-8)30-24-17-13-10-14-18-24/h9,11-12,15-16,20-22,24,26,30H,10,13-14,17-19H2,1-8H3/t26-,29+/m1/s1. The Labute approximate surface area is 203 Å². The number of benzene rings is 1. The van der Waals surface area contributed by atoms with Gasteiger partial charge in [0.2, 0.25) is 5.78 Å². The summed E-state index contributed by atoms with van der Waals surface area (Å²) >= 11 is 0. The topological polar surface area (TPSA) is 38.3 Å². The molecule has 3 nitrogen and oxygen atoms in total. The molecule has 0 amide bonds. The third kappa shape index (κ3) is 4.75. The second-order valence-electron chi connectivity index (χ2n) is 11.7. The molecular formula is C29H47NO2Si. The van der Waals surface area contributed by atoms with E-state index in [1.807, 2.05) is 0 Å². The Morgan fingerprint density at radius 2 is 1.52 bits per heavy atom. The zero-order valence-electron chi connectivity index (χ0n) is 22.3. The highest BCUT2D eigenvalue weighted by Gasteiger charge is 2.56. The first-order valence-electron chi connectivity index (χ1n) is 13.2. The van der Waals surface area contributed by atoms with Crippen molar-refractivity contribution < 1.29 is 9.53 Å². The lowest BCUT2D eigenvalue weighted by molar-refractivity contribution is -0.123. The molecule has 0 unspecified atom stereocenters. The largest absolute Gasteiger partial charge is 0.493 e. The number of hydrogen-bond acceptors (Lipinski definition) is 3. The van der Waals surface area contributed by atoms with Gasteiger partial charge in [-0.05, 0) is 36.9 Å². The zero-order chi connectivity index (χ0) is 24.4. The fourth-order valence-electron chi connectivity index (χ4n) is 7.34. The van der Waals surface area contributed by atoms with Crippen molar-refractivity contribution in [3.8, 4) is 0 Å². The first-order valence-corrected chi connectivity index (χ1v) is 15.7. The molecule has 1 aromatic rings. The van der Waals surface area contributed by atoms with Crippen LogP contribution in [0.3, 0.4) is 0 Å². The number of ketones is 1. The summed E-state index contributed by atoms with van der Waals surface area (Å²) in [6.45, 7) is 16.6. The maximum Gasteiger partial charge on any atom is 0.217 e. The van der Waals surface area contributed by atoms with E-state index in [1.165, 1.54) is 30.4 Å². The van der Waals surface area contributed by atoms with Gasteiger partial charge in [0.15, 0.2) is 5.76 Å². The average Bonchev–Trinajstić information content (AvgIpc) is 2.98. The maximum atomic E-state index is 14.1. The summed E-state index contributed by atoms with van der Waals surface area (Å²) in [5.41, 5.74) is 3.73. The van der Waals surface area contributed by atoms with E-state index in [2.05, 4.69) is 84.1 Å². The molecule has 1 aromatic carbocycles. The highest BCUT2D eigenvalue weighted by Crippen LogP contribution is 2.54. The van der Waals surface area contributed by atoms with E-state index >= 15 is 0 Å². The van der Waals surface area contributed by atoms with Crippen LogP contribution >= 0.6 is 0 Å². The quantitative estimate of drug-likeness (QED) is 0.378. The van der Waals surface area contributed by atoms with Gasteiger partial charge in [-0.1, -0.05) is 108 Å². The van der Waals surface area contributed by atoms with Gasteiger partial charge < -0.3 is 10.1 Å². The van der Waals surface area contributed by atoms with Crippen LogP contribution in [0.2, 0.25) is 22.7 Å². The van der Waals surface area contributed by atoms with Crippen LogP contribution in [0.25, 0.3) is 0 Å². The van der Waals surface area contributed by atoms with E-state index in [4.69, 9.17) is 4.74 Å². The molecule has 184 valence electrons. The molecule has 4 heteroatoms. The molecule has 0 bridgehead atoms. The number of rotatable bonds is 9. The molecule has 2 atom stereocenters. The van der Waals surface area contributed by atoms with Crippen molar-refractivity contribution >= 4 is 13.9 Å². The Balaban J connectivity index is 2.14. The van der Waals surface area contributed by atoms with Crippen LogP contribution in [-0.4, -0.2) is 32.5 Å². The van der Waals surface area contributed by atoms with Crippen molar-refractivity contribution in [2.24, 2.45) is 0 Å². The molecule has 0 aromatic heterocycles. The van der Waals surface area contributed by atoms with Crippen LogP contribution < -0.4 is 5.32 Å². The van der Waals surface area contributed by atoms with Crippen LogP contribution in [0, 0.1) is 0 Å². The molecule has 0 saturated heterocycles. The normalized spacial score (nSPS) is 25.1. The van der Waals surface area contributed by atoms with Crippen molar-refractivity contribution in [3.05, 3.63) is 47.2 Å². The summed E-state index contributed by atoms with van der Waals surface area (Å²) in [5.74, 6) is 0.804. The van der Waals surface area contributed by atoms with Gasteiger partial charge in [-0.25, -0.2) is 0 Å². The minimum atomic E-state index is -1.79. The van der Waals surface area contributed by atoms with E-state index < -0.39 is 13.6 Å². The number of methoxy groups -OCH3 is 1. The first kappa shape index (κ1) is 26.2. The van der Waals surface area contributed by atoms with Gasteiger partial charge in [-0.2, -0.15) is 0 Å². The number of carbonyl (C=O) groups excluding carboxylic acids is 1. The van der Waals surface area contributed by atoms with E-state index in [-0.39, 0.29) is 11.7 Å². The number of nitrogens with one attached hydrogen (secondary N) is 1. The van der Waals surface area contributed by atoms with Crippen molar-refractivity contribution in [1.82, 2.24) is 5.32 Å². The smallest absolute Gasteiger partial charge is 0.217 e. The number of hydrogen-bond donors (Lipinski definition) is 1. The lowest BCUT2D eigenvalue weighted by atomic mass is 9.78. The first-order chi connectivity index (χ1) is 15.6. The zero-order valence-corrected chi connectivity index (χ0v) is 23.3. The third-order valence-corrected chi connectivity index (χ3v) is 16.5. The summed E-state index contributed by atoms with van der Waals surface area (Å²) in [6, 6.07) is 12.1. The van der Waals surface area contributed by atoms with Crippen LogP contribution in [0.4, 0.5) is 0 Å². The van der Waals surface area contributed by atoms with Gasteiger partial charge in [0, 0.05) is 12.0 Å². The molecule has 2 aliphatic carbocycles. The second kappa shape index (κ2) is 10.5. The molecule has 1 N–H and O–H groups in total. The molecule has 0 heterocycles. The van der Waals surface area contributed by atoms with E-state index in [0.29, 0.717) is 28.4 Å². The van der Waals surface area contributed by atoms with Crippen molar-refractivity contribution in [3.63, 3.8) is 0 Å². The monoisotopic (exact) mass is 469 g/mol. The number of Topliss-reactive ketones (excluding diaryl/α,β-unsaturated/α-hetero) is 1. The minimum absolute atomic E-state index is 0.0196. The highest BCUT2D eigenvalue weighted by atomic mass is 28.3. The molecule has 33 heavy (non-hydrogen) atoms. The van der Waals surface area contributed by atoms with E-state index in [1.54, 1.807) is 7.11 Å². The molecule has 2 aliphatic rings. The van der Waals surface area contributed by atoms with Crippen molar-refractivity contribution in [2.45, 2.75) is 121 Å². The van der Waals surface area contributed by atoms with Crippen LogP contribution in [0.5, 0.6) is 0 Å². The van der Waals surface area contributed by atoms with Gasteiger partial charge in [0.05, 0.1) is 20.7 Å². The number of carbonyl (C=O) groups is 1. The van der Waals surface area contributed by atoms with Crippen molar-refractivity contribution in [1.29, 1.82) is 0 Å². The van der Waals surface area contributed by atoms with Gasteiger partial charge in [0.25, 0.3) is 0 Å². The van der Waals surface area contributed by atoms with E-state index in [9.17, 15) is 4.79 Å². The Morgan fingerprint density at radius 3 is 2.00 bits per heavy atom. The van der Waals surface area contributed by atoms with Crippen LogP contribution in [-0.2, 0) is 9.53 Å². The summed E-state index contributed by atoms with van der Waals surface area (Å²) < 4.78 is 5.97. The minimum Gasteiger partial charge on any atom is -0.493 e. The molecule has 1 saturated carbocycles. The van der Waals surface area contributed by atoms with Crippen LogP contribution in [0.15, 0.2) is 41.7 Å². The molecule has 0 radical (unpaired) electrons. The molecule has 3 rings (SSSR count). The molecule has 0 aliphatic heterocycles. The molecule has 1 fully saturated rings. The van der Waals surface area contributed by atoms with E-state index in [0.717, 1.165) is 18.9 Å². The lowest BCUT2D eigenvalue weighted by Crippen LogP contribution is -2.56. The fraction of sp³-hybridized carbons (Fsp3) is 0.690. The highest BCUT2D eigenvalue weighted by molar-refractivity contribution is 6.84. The average molecular weight is 470 g/mol. The Bertz CT molecular complexity index is 817. The summed E-state index contributed by atoms with van der Waals surface area (Å²) in [6.07, 6.45) is 6.12. The van der Waals surface area contributed by atoms with Crippen LogP contribution in [0.1, 0.15) is 92.1 Å². The third-order valence-electron chi connectivity index (χ3n) is 9.06. The Kier molecular flexibility index (Phi) is 8.32. The Hall–Kier alpha value is -1.39. The molecule has 0 spiro atoms. The lowest BCUT2D eigenvalue weighted by Gasteiger charge is -2.45.